The Morgan fingerprint density at radius 2 is 2.05 bits per heavy atom. The Morgan fingerprint density at radius 3 is 2.58 bits per heavy atom. The Kier molecular flexibility index (Phi) is 5.03. The third-order valence-electron chi connectivity index (χ3n) is 3.18. The van der Waals surface area contributed by atoms with Crippen LogP contribution in [-0.2, 0) is 4.74 Å². The van der Waals surface area contributed by atoms with Crippen LogP contribution in [0.4, 0.5) is 0 Å². The van der Waals surface area contributed by atoms with Gasteiger partial charge in [-0.3, -0.25) is 0 Å². The maximum absolute atomic E-state index is 11.9. The van der Waals surface area contributed by atoms with Crippen LogP contribution in [0, 0.1) is 0 Å². The summed E-state index contributed by atoms with van der Waals surface area (Å²) in [6.07, 6.45) is 0.323. The van der Waals surface area contributed by atoms with E-state index in [9.17, 15) is 4.79 Å². The molecule has 1 aromatic carbocycles. The van der Waals surface area contributed by atoms with Gasteiger partial charge >= 0.3 is 5.97 Å². The number of rotatable bonds is 4. The van der Waals surface area contributed by atoms with Crippen molar-refractivity contribution in [3.05, 3.63) is 23.3 Å². The number of fused-ring (bicyclic) bond motifs is 1. The molecular formula is C13H18ClNO4. The average Bonchev–Trinajstić information content (AvgIpc) is 2.74. The summed E-state index contributed by atoms with van der Waals surface area (Å²) < 4.78 is 15.7. The molecule has 19 heavy (non-hydrogen) atoms. The Hall–Kier alpha value is -1.46. The highest BCUT2D eigenvalue weighted by Gasteiger charge is 2.38. The molecule has 0 bridgehead atoms. The van der Waals surface area contributed by atoms with E-state index in [2.05, 4.69) is 0 Å². The number of hydrogen-bond donors (Lipinski definition) is 1. The molecule has 5 nitrogen and oxygen atoms in total. The van der Waals surface area contributed by atoms with Gasteiger partial charge in [-0.2, -0.15) is 0 Å². The molecule has 0 spiro atoms. The van der Waals surface area contributed by atoms with Crippen LogP contribution < -0.4 is 15.2 Å². The van der Waals surface area contributed by atoms with Crippen LogP contribution in [0.3, 0.4) is 0 Å². The van der Waals surface area contributed by atoms with Gasteiger partial charge in [-0.25, -0.2) is 4.79 Å². The van der Waals surface area contributed by atoms with Crippen molar-refractivity contribution in [1.82, 2.24) is 0 Å². The molecule has 2 rings (SSSR count). The minimum absolute atomic E-state index is 0. The number of benzene rings is 1. The van der Waals surface area contributed by atoms with Crippen molar-refractivity contribution in [1.29, 1.82) is 0 Å². The van der Waals surface area contributed by atoms with Gasteiger partial charge in [0.05, 0.1) is 14.2 Å². The second kappa shape index (κ2) is 6.12. The van der Waals surface area contributed by atoms with Crippen LogP contribution >= 0.6 is 12.4 Å². The Bertz CT molecular complexity index is 478. The van der Waals surface area contributed by atoms with Crippen molar-refractivity contribution in [2.45, 2.75) is 25.5 Å². The molecule has 1 heterocycles. The summed E-state index contributed by atoms with van der Waals surface area (Å²) in [6, 6.07) is 3.35. The van der Waals surface area contributed by atoms with Crippen LogP contribution in [-0.4, -0.2) is 26.2 Å². The summed E-state index contributed by atoms with van der Waals surface area (Å²) in [6.45, 7) is 1.96. The largest absolute Gasteiger partial charge is 0.493 e. The van der Waals surface area contributed by atoms with E-state index in [1.807, 2.05) is 13.0 Å². The first kappa shape index (κ1) is 15.6. The highest BCUT2D eigenvalue weighted by atomic mass is 35.5. The van der Waals surface area contributed by atoms with Crippen molar-refractivity contribution >= 4 is 18.4 Å². The smallest absolute Gasteiger partial charge is 0.343 e. The lowest BCUT2D eigenvalue weighted by atomic mass is 9.98. The minimum atomic E-state index is -0.408. The zero-order valence-electron chi connectivity index (χ0n) is 11.1. The van der Waals surface area contributed by atoms with Crippen molar-refractivity contribution in [2.75, 3.05) is 14.2 Å². The van der Waals surface area contributed by atoms with Gasteiger partial charge in [0.2, 0.25) is 0 Å². The van der Waals surface area contributed by atoms with Crippen molar-refractivity contribution < 1.29 is 19.0 Å². The number of cyclic esters (lactones) is 1. The Labute approximate surface area is 118 Å². The summed E-state index contributed by atoms with van der Waals surface area (Å²) in [5.74, 6) is 0.513. The van der Waals surface area contributed by atoms with Crippen molar-refractivity contribution in [3.8, 4) is 11.5 Å². The summed E-state index contributed by atoms with van der Waals surface area (Å²) in [5.41, 5.74) is 7.16. The summed E-state index contributed by atoms with van der Waals surface area (Å²) in [4.78, 5) is 11.9. The van der Waals surface area contributed by atoms with Gasteiger partial charge in [-0.15, -0.1) is 12.4 Å². The van der Waals surface area contributed by atoms with Crippen LogP contribution in [0.15, 0.2) is 12.1 Å². The summed E-state index contributed by atoms with van der Waals surface area (Å²) in [5, 5.41) is 0. The maximum Gasteiger partial charge on any atom is 0.343 e. The van der Waals surface area contributed by atoms with Gasteiger partial charge in [0.25, 0.3) is 0 Å². The highest BCUT2D eigenvalue weighted by molar-refractivity contribution is 5.98. The van der Waals surface area contributed by atoms with E-state index < -0.39 is 12.1 Å². The van der Waals surface area contributed by atoms with Gasteiger partial charge < -0.3 is 19.9 Å². The molecule has 1 aliphatic rings. The normalized spacial score (nSPS) is 18.1. The molecule has 0 saturated heterocycles. The van der Waals surface area contributed by atoms with Crippen LogP contribution in [0.25, 0.3) is 0 Å². The van der Waals surface area contributed by atoms with Crippen molar-refractivity contribution in [3.63, 3.8) is 0 Å². The first-order chi connectivity index (χ1) is 8.63. The lowest BCUT2D eigenvalue weighted by Crippen LogP contribution is -2.27. The van der Waals surface area contributed by atoms with Crippen LogP contribution in [0.2, 0.25) is 0 Å². The zero-order chi connectivity index (χ0) is 13.3. The number of esters is 1. The van der Waals surface area contributed by atoms with E-state index in [4.69, 9.17) is 19.9 Å². The fraction of sp³-hybridized carbons (Fsp3) is 0.462. The number of halogens is 1. The fourth-order valence-electron chi connectivity index (χ4n) is 2.16. The SMILES string of the molecule is CCC(N)C1OC(=O)c2c1ccc(OC)c2OC.Cl. The second-order valence-electron chi connectivity index (χ2n) is 4.16. The number of carbonyl (C=O) groups is 1. The second-order valence-corrected chi connectivity index (χ2v) is 4.16. The average molecular weight is 288 g/mol. The zero-order valence-corrected chi connectivity index (χ0v) is 12.0. The summed E-state index contributed by atoms with van der Waals surface area (Å²) >= 11 is 0. The monoisotopic (exact) mass is 287 g/mol. The standard InChI is InChI=1S/C13H17NO4.ClH/c1-4-8(14)11-7-5-6-9(16-2)12(17-3)10(7)13(15)18-11;/h5-6,8,11H,4,14H2,1-3H3;1H. The first-order valence-electron chi connectivity index (χ1n) is 5.85. The van der Waals surface area contributed by atoms with Crippen molar-refractivity contribution in [2.24, 2.45) is 5.73 Å². The molecule has 1 aliphatic heterocycles. The fourth-order valence-corrected chi connectivity index (χ4v) is 2.16. The first-order valence-corrected chi connectivity index (χ1v) is 5.85. The quantitative estimate of drug-likeness (QED) is 0.859. The molecule has 0 radical (unpaired) electrons. The third-order valence-corrected chi connectivity index (χ3v) is 3.18. The van der Waals surface area contributed by atoms with Gasteiger partial charge in [-0.1, -0.05) is 13.0 Å². The van der Waals surface area contributed by atoms with E-state index >= 15 is 0 Å². The molecule has 2 unspecified atom stereocenters. The molecular weight excluding hydrogens is 270 g/mol. The lowest BCUT2D eigenvalue weighted by Gasteiger charge is -2.17. The summed E-state index contributed by atoms with van der Waals surface area (Å²) in [7, 11) is 3.03. The predicted molar refractivity (Wildman–Crippen MR) is 73.2 cm³/mol. The molecule has 0 saturated carbocycles. The van der Waals surface area contributed by atoms with E-state index in [1.165, 1.54) is 14.2 Å². The molecule has 6 heteroatoms. The van der Waals surface area contributed by atoms with Crippen LogP contribution in [0.5, 0.6) is 11.5 Å². The molecule has 2 N–H and O–H groups in total. The molecule has 1 aromatic rings. The number of carbonyl (C=O) groups excluding carboxylic acids is 1. The molecule has 2 atom stereocenters. The number of hydrogen-bond acceptors (Lipinski definition) is 5. The molecule has 0 aliphatic carbocycles. The van der Waals surface area contributed by atoms with Crippen LogP contribution in [0.1, 0.15) is 35.4 Å². The predicted octanol–water partition coefficient (Wildman–Crippen LogP) is 2.07. The van der Waals surface area contributed by atoms with Gasteiger partial charge in [0.15, 0.2) is 11.5 Å². The van der Waals surface area contributed by atoms with Gasteiger partial charge in [0, 0.05) is 11.6 Å². The van der Waals surface area contributed by atoms with E-state index in [1.54, 1.807) is 6.07 Å². The maximum atomic E-state index is 11.9. The van der Waals surface area contributed by atoms with E-state index in [0.29, 0.717) is 17.1 Å². The number of nitrogens with two attached hydrogens (primary N) is 1. The molecule has 0 aromatic heterocycles. The third kappa shape index (κ3) is 2.48. The minimum Gasteiger partial charge on any atom is -0.493 e. The highest BCUT2D eigenvalue weighted by Crippen LogP contribution is 2.42. The Morgan fingerprint density at radius 1 is 1.37 bits per heavy atom. The van der Waals surface area contributed by atoms with Gasteiger partial charge in [-0.05, 0) is 12.5 Å². The molecule has 106 valence electrons. The topological polar surface area (TPSA) is 70.8 Å². The molecule has 0 amide bonds. The lowest BCUT2D eigenvalue weighted by molar-refractivity contribution is 0.0324. The Balaban J connectivity index is 0.00000180. The number of ether oxygens (including phenoxy) is 3. The number of methoxy groups -OCH3 is 2. The van der Waals surface area contributed by atoms with E-state index in [-0.39, 0.29) is 18.4 Å². The van der Waals surface area contributed by atoms with E-state index in [0.717, 1.165) is 12.0 Å². The molecule has 0 fully saturated rings. The van der Waals surface area contributed by atoms with Gasteiger partial charge in [0.1, 0.15) is 11.7 Å².